The topological polar surface area (TPSA) is 95.2 Å². The van der Waals surface area contributed by atoms with Gasteiger partial charge in [0.05, 0.1) is 0 Å². The van der Waals surface area contributed by atoms with E-state index in [0.717, 1.165) is 23.5 Å². The van der Waals surface area contributed by atoms with Crippen LogP contribution in [0.25, 0.3) is 0 Å². The van der Waals surface area contributed by atoms with Crippen molar-refractivity contribution in [2.24, 2.45) is 0 Å². The largest absolute Gasteiger partial charge is 0.612 e. The monoisotopic (exact) mass is 275 g/mol. The number of nitrogens with zero attached hydrogens (tertiary/aromatic N) is 3. The van der Waals surface area contributed by atoms with Crippen molar-refractivity contribution in [2.45, 2.75) is 6.42 Å². The lowest BCUT2D eigenvalue weighted by atomic mass is 10.3. The summed E-state index contributed by atoms with van der Waals surface area (Å²) in [6.07, 6.45) is 0.393. The molecule has 1 N–H and O–H groups in total. The van der Waals surface area contributed by atoms with Gasteiger partial charge in [-0.1, -0.05) is 0 Å². The number of thioether (sulfide) groups is 2. The Kier molecular flexibility index (Phi) is 5.66. The number of hydrogen-bond acceptors (Lipinski definition) is 7. The van der Waals surface area contributed by atoms with Crippen molar-refractivity contribution in [2.75, 3.05) is 11.5 Å². The Morgan fingerprint density at radius 2 is 2.12 bits per heavy atom. The second-order valence-electron chi connectivity index (χ2n) is 2.63. The van der Waals surface area contributed by atoms with Crippen LogP contribution < -0.4 is 4.47 Å². The molecule has 0 aromatic heterocycles. The number of hydroxylamine groups is 1. The highest BCUT2D eigenvalue weighted by atomic mass is 32.2. The van der Waals surface area contributed by atoms with Crippen LogP contribution in [0, 0.1) is 31.4 Å². The first-order valence-corrected chi connectivity index (χ1v) is 6.88. The molecule has 0 spiro atoms. The molecular weight excluding hydrogens is 268 g/mol. The molecular formula is C7H7N4O2S3+. The van der Waals surface area contributed by atoms with Gasteiger partial charge in [0, 0.05) is 17.1 Å². The molecule has 0 saturated heterocycles. The molecule has 0 bridgehead atoms. The van der Waals surface area contributed by atoms with Crippen LogP contribution in [-0.4, -0.2) is 15.7 Å². The summed E-state index contributed by atoms with van der Waals surface area (Å²) in [6.45, 7) is 0. The first-order chi connectivity index (χ1) is 7.70. The lowest BCUT2D eigenvalue weighted by Crippen LogP contribution is -2.97. The second kappa shape index (κ2) is 6.78. The smallest absolute Gasteiger partial charge is 0.473 e. The van der Waals surface area contributed by atoms with E-state index in [1.54, 1.807) is 0 Å². The molecule has 0 aromatic carbocycles. The van der Waals surface area contributed by atoms with Crippen LogP contribution in [0.3, 0.4) is 0 Å². The highest BCUT2D eigenvalue weighted by Crippen LogP contribution is 2.22. The molecule has 0 aliphatic carbocycles. The van der Waals surface area contributed by atoms with E-state index in [-0.39, 0.29) is 10.2 Å². The second-order valence-corrected chi connectivity index (χ2v) is 5.16. The zero-order valence-electron chi connectivity index (χ0n) is 8.00. The third kappa shape index (κ3) is 3.40. The summed E-state index contributed by atoms with van der Waals surface area (Å²) in [5.74, 6) is 0.692. The number of nitriles is 2. The standard InChI is InChI=1S/C7H7N4O2S3/c8-4-14-2-1-6-7(3-15-5-9)11(13)16-10(6)12/h10H,1-3H2/q+1. The number of nitroso groups, excluding NO2 is 1. The Morgan fingerprint density at radius 3 is 2.75 bits per heavy atom. The van der Waals surface area contributed by atoms with Gasteiger partial charge in [-0.2, -0.15) is 10.5 Å². The van der Waals surface area contributed by atoms with Crippen molar-refractivity contribution in [3.05, 3.63) is 21.5 Å². The number of allylic oxidation sites excluding steroid dienone is 1. The molecule has 1 heterocycles. The molecule has 0 radical (unpaired) electrons. The summed E-state index contributed by atoms with van der Waals surface area (Å²) in [5.41, 5.74) is 0.783. The van der Waals surface area contributed by atoms with Crippen molar-refractivity contribution in [3.63, 3.8) is 0 Å². The van der Waals surface area contributed by atoms with Crippen LogP contribution in [-0.2, 0) is 0 Å². The van der Waals surface area contributed by atoms with E-state index in [9.17, 15) is 10.1 Å². The number of hydrogen-bond donors (Lipinski definition) is 1. The zero-order valence-corrected chi connectivity index (χ0v) is 10.5. The minimum Gasteiger partial charge on any atom is -0.612 e. The lowest BCUT2D eigenvalue weighted by Gasteiger charge is -2.07. The Morgan fingerprint density at radius 1 is 1.44 bits per heavy atom. The summed E-state index contributed by atoms with van der Waals surface area (Å²) in [5, 5.41) is 32.0. The minimum absolute atomic E-state index is 0.214. The van der Waals surface area contributed by atoms with E-state index in [1.165, 1.54) is 0 Å². The fraction of sp³-hybridized carbons (Fsp3) is 0.429. The maximum Gasteiger partial charge on any atom is 0.473 e. The van der Waals surface area contributed by atoms with Gasteiger partial charge >= 0.3 is 17.8 Å². The van der Waals surface area contributed by atoms with Gasteiger partial charge in [-0.25, -0.2) is 4.47 Å². The molecule has 0 amide bonds. The van der Waals surface area contributed by atoms with Gasteiger partial charge in [0.1, 0.15) is 16.6 Å². The summed E-state index contributed by atoms with van der Waals surface area (Å²) >= 11 is 2.56. The first-order valence-electron chi connectivity index (χ1n) is 4.14. The van der Waals surface area contributed by atoms with Crippen LogP contribution >= 0.6 is 35.7 Å². The van der Waals surface area contributed by atoms with E-state index in [2.05, 4.69) is 0 Å². The summed E-state index contributed by atoms with van der Waals surface area (Å²) in [6, 6.07) is 0. The molecule has 0 saturated carbocycles. The average molecular weight is 275 g/mol. The van der Waals surface area contributed by atoms with Gasteiger partial charge in [0.15, 0.2) is 9.86 Å². The van der Waals surface area contributed by atoms with Crippen molar-refractivity contribution in [1.29, 1.82) is 10.5 Å². The minimum atomic E-state index is -0.276. The molecule has 9 heteroatoms. The van der Waals surface area contributed by atoms with E-state index < -0.39 is 0 Å². The van der Waals surface area contributed by atoms with Crippen molar-refractivity contribution in [1.82, 2.24) is 0 Å². The Bertz CT molecular complexity index is 397. The average Bonchev–Trinajstić information content (AvgIpc) is 2.52. The van der Waals surface area contributed by atoms with Crippen molar-refractivity contribution < 1.29 is 8.63 Å². The van der Waals surface area contributed by atoms with Gasteiger partial charge in [0.25, 0.3) is 0 Å². The molecule has 0 aromatic rings. The molecule has 1 aliphatic heterocycles. The quantitative estimate of drug-likeness (QED) is 0.260. The maximum atomic E-state index is 11.4. The van der Waals surface area contributed by atoms with Crippen molar-refractivity contribution >= 4 is 35.7 Å². The van der Waals surface area contributed by atoms with Gasteiger partial charge in [-0.3, -0.25) is 0 Å². The predicted octanol–water partition coefficient (Wildman–Crippen LogP) is 0.755. The molecule has 1 aliphatic rings. The van der Waals surface area contributed by atoms with Crippen molar-refractivity contribution in [3.8, 4) is 10.8 Å². The van der Waals surface area contributed by atoms with E-state index in [4.69, 9.17) is 10.5 Å². The van der Waals surface area contributed by atoms with Crippen LogP contribution in [0.1, 0.15) is 6.42 Å². The number of thiocyanates is 2. The SMILES string of the molecule is N#CSCCC1=C(CSC#N)[N+](=O)S[NH+]1[O-]. The summed E-state index contributed by atoms with van der Waals surface area (Å²) < 4.78 is 0.279. The summed E-state index contributed by atoms with van der Waals surface area (Å²) in [4.78, 5) is 11.3. The molecule has 16 heavy (non-hydrogen) atoms. The molecule has 0 fully saturated rings. The summed E-state index contributed by atoms with van der Waals surface area (Å²) in [7, 11) is 0. The first kappa shape index (κ1) is 13.4. The maximum absolute atomic E-state index is 11.4. The Labute approximate surface area is 105 Å². The number of nitrogens with one attached hydrogen (secondary N) is 1. The van der Waals surface area contributed by atoms with Gasteiger partial charge in [-0.15, -0.1) is 0 Å². The molecule has 6 nitrogen and oxygen atoms in total. The third-order valence-electron chi connectivity index (χ3n) is 1.77. The van der Waals surface area contributed by atoms with Gasteiger partial charge < -0.3 is 5.21 Å². The Hall–Kier alpha value is -0.710. The molecule has 84 valence electrons. The highest BCUT2D eigenvalue weighted by molar-refractivity contribution is 8.04. The fourth-order valence-corrected chi connectivity index (χ4v) is 2.84. The van der Waals surface area contributed by atoms with Crippen LogP contribution in [0.5, 0.6) is 0 Å². The van der Waals surface area contributed by atoms with E-state index in [0.29, 0.717) is 39.9 Å². The van der Waals surface area contributed by atoms with Gasteiger partial charge in [0.2, 0.25) is 0 Å². The molecule has 1 rings (SSSR count). The third-order valence-corrected chi connectivity index (χ3v) is 3.66. The predicted molar refractivity (Wildman–Crippen MR) is 63.3 cm³/mol. The zero-order chi connectivity index (χ0) is 12.0. The molecule has 1 unspecified atom stereocenters. The lowest BCUT2D eigenvalue weighted by molar-refractivity contribution is -0.654. The highest BCUT2D eigenvalue weighted by Gasteiger charge is 2.42. The van der Waals surface area contributed by atoms with Crippen LogP contribution in [0.2, 0.25) is 0 Å². The number of quaternary nitrogens is 1. The Balaban J connectivity index is 2.71. The normalized spacial score (nSPS) is 19.7. The number of rotatable bonds is 5. The van der Waals surface area contributed by atoms with Crippen LogP contribution in [0.15, 0.2) is 11.4 Å². The van der Waals surface area contributed by atoms with E-state index >= 15 is 0 Å². The van der Waals surface area contributed by atoms with Crippen LogP contribution in [0.4, 0.5) is 0 Å². The molecule has 1 atom stereocenters. The van der Waals surface area contributed by atoms with E-state index in [1.807, 2.05) is 10.8 Å². The fourth-order valence-electron chi connectivity index (χ4n) is 1.10. The van der Waals surface area contributed by atoms with Gasteiger partial charge in [-0.05, 0) is 23.5 Å².